The van der Waals surface area contributed by atoms with E-state index in [2.05, 4.69) is 34.2 Å². The van der Waals surface area contributed by atoms with E-state index >= 15 is 0 Å². The van der Waals surface area contributed by atoms with Gasteiger partial charge in [0.15, 0.2) is 9.84 Å². The maximum Gasteiger partial charge on any atom is 0.178 e. The average molecular weight is 374 g/mol. The topological polar surface area (TPSA) is 46.2 Å². The normalized spacial score (nSPS) is 13.2. The molecule has 108 valence electrons. The summed E-state index contributed by atoms with van der Waals surface area (Å²) in [7, 11) is -3.12. The van der Waals surface area contributed by atoms with Gasteiger partial charge in [0.05, 0.1) is 20.5 Å². The van der Waals surface area contributed by atoms with E-state index in [0.717, 1.165) is 9.47 Å². The van der Waals surface area contributed by atoms with Crippen LogP contribution in [0, 0.1) is 0 Å². The van der Waals surface area contributed by atoms with Crippen LogP contribution in [-0.4, -0.2) is 14.2 Å². The molecule has 2 aromatic rings. The first kappa shape index (κ1) is 15.5. The molecule has 1 N–H and O–H groups in total. The van der Waals surface area contributed by atoms with Crippen molar-refractivity contribution in [2.75, 3.05) is 11.1 Å². The van der Waals surface area contributed by atoms with Crippen LogP contribution in [0.5, 0.6) is 0 Å². The van der Waals surface area contributed by atoms with Crippen LogP contribution in [0.1, 0.15) is 24.8 Å². The molecule has 0 amide bonds. The Morgan fingerprint density at radius 3 is 2.35 bits per heavy atom. The van der Waals surface area contributed by atoms with Gasteiger partial charge in [-0.2, -0.15) is 0 Å². The fraction of sp³-hybridized carbons (Fsp3) is 0.286. The molecule has 0 fully saturated rings. The van der Waals surface area contributed by atoms with Gasteiger partial charge in [-0.25, -0.2) is 8.42 Å². The summed E-state index contributed by atoms with van der Waals surface area (Å²) in [4.78, 5) is 1.60. The molecule has 1 unspecified atom stereocenters. The van der Waals surface area contributed by atoms with Crippen LogP contribution in [0.3, 0.4) is 0 Å². The van der Waals surface area contributed by atoms with Crippen molar-refractivity contribution in [3.63, 3.8) is 0 Å². The second-order valence-corrected chi connectivity index (χ2v) is 9.21. The molecule has 0 spiro atoms. The summed E-state index contributed by atoms with van der Waals surface area (Å²) in [6.07, 6.45) is 0. The Morgan fingerprint density at radius 2 is 1.85 bits per heavy atom. The fourth-order valence-corrected chi connectivity index (χ4v) is 4.12. The summed E-state index contributed by atoms with van der Waals surface area (Å²) < 4.78 is 24.6. The molecule has 1 aromatic heterocycles. The number of rotatable bonds is 5. The number of nitrogens with one attached hydrogen (secondary N) is 1. The van der Waals surface area contributed by atoms with Crippen molar-refractivity contribution in [2.24, 2.45) is 0 Å². The monoisotopic (exact) mass is 373 g/mol. The van der Waals surface area contributed by atoms with Gasteiger partial charge in [0.25, 0.3) is 0 Å². The zero-order valence-electron chi connectivity index (χ0n) is 11.3. The van der Waals surface area contributed by atoms with Crippen molar-refractivity contribution >= 4 is 42.8 Å². The number of anilines is 1. The molecule has 0 saturated carbocycles. The molecule has 2 rings (SSSR count). The van der Waals surface area contributed by atoms with E-state index in [0.29, 0.717) is 4.90 Å². The molecular formula is C14H16BrNO2S2. The van der Waals surface area contributed by atoms with E-state index in [1.807, 2.05) is 18.2 Å². The lowest BCUT2D eigenvalue weighted by Crippen LogP contribution is -2.06. The fourth-order valence-electron chi connectivity index (χ4n) is 1.81. The van der Waals surface area contributed by atoms with Crippen molar-refractivity contribution in [2.45, 2.75) is 24.8 Å². The highest BCUT2D eigenvalue weighted by atomic mass is 79.9. The minimum Gasteiger partial charge on any atom is -0.378 e. The molecule has 1 aromatic carbocycles. The zero-order chi connectivity index (χ0) is 14.8. The molecule has 0 aliphatic carbocycles. The van der Waals surface area contributed by atoms with Crippen LogP contribution in [-0.2, 0) is 9.84 Å². The third-order valence-electron chi connectivity index (χ3n) is 3.00. The maximum absolute atomic E-state index is 11.7. The number of thiophene rings is 1. The summed E-state index contributed by atoms with van der Waals surface area (Å²) in [6.45, 7) is 3.73. The molecule has 0 radical (unpaired) electrons. The van der Waals surface area contributed by atoms with Gasteiger partial charge < -0.3 is 5.32 Å². The summed E-state index contributed by atoms with van der Waals surface area (Å²) in [5, 5.41) is 3.36. The summed E-state index contributed by atoms with van der Waals surface area (Å²) in [5.41, 5.74) is 0.914. The van der Waals surface area contributed by atoms with Gasteiger partial charge in [-0.15, -0.1) is 11.3 Å². The Labute approximate surface area is 132 Å². The summed E-state index contributed by atoms with van der Waals surface area (Å²) in [6, 6.07) is 11.2. The van der Waals surface area contributed by atoms with E-state index in [4.69, 9.17) is 0 Å². The van der Waals surface area contributed by atoms with Gasteiger partial charge >= 0.3 is 0 Å². The maximum atomic E-state index is 11.7. The van der Waals surface area contributed by atoms with E-state index in [1.165, 1.54) is 4.88 Å². The Balaban J connectivity index is 2.11. The average Bonchev–Trinajstić information content (AvgIpc) is 2.86. The molecular weight excluding hydrogens is 358 g/mol. The van der Waals surface area contributed by atoms with Gasteiger partial charge in [0, 0.05) is 10.6 Å². The van der Waals surface area contributed by atoms with Crippen LogP contribution in [0.2, 0.25) is 0 Å². The van der Waals surface area contributed by atoms with Crippen LogP contribution >= 0.6 is 27.3 Å². The van der Waals surface area contributed by atoms with Crippen LogP contribution < -0.4 is 5.32 Å². The van der Waals surface area contributed by atoms with Crippen molar-refractivity contribution < 1.29 is 8.42 Å². The Hall–Kier alpha value is -0.850. The Kier molecular flexibility index (Phi) is 4.88. The second-order valence-electron chi connectivity index (χ2n) is 4.44. The second kappa shape index (κ2) is 6.28. The van der Waals surface area contributed by atoms with Crippen molar-refractivity contribution in [1.82, 2.24) is 0 Å². The minimum atomic E-state index is -3.12. The predicted octanol–water partition coefficient (Wildman–Crippen LogP) is 4.48. The predicted molar refractivity (Wildman–Crippen MR) is 88.2 cm³/mol. The Bertz CT molecular complexity index is 677. The molecule has 0 bridgehead atoms. The first-order valence-corrected chi connectivity index (χ1v) is 9.53. The number of halogens is 1. The molecule has 0 saturated heterocycles. The van der Waals surface area contributed by atoms with Crippen LogP contribution in [0.25, 0.3) is 0 Å². The van der Waals surface area contributed by atoms with E-state index in [9.17, 15) is 8.42 Å². The molecule has 1 atom stereocenters. The number of hydrogen-bond donors (Lipinski definition) is 1. The molecule has 0 aliphatic heterocycles. The molecule has 1 heterocycles. The molecule has 0 aliphatic rings. The van der Waals surface area contributed by atoms with Gasteiger partial charge in [0.1, 0.15) is 0 Å². The Morgan fingerprint density at radius 1 is 1.20 bits per heavy atom. The molecule has 6 heteroatoms. The number of hydrogen-bond acceptors (Lipinski definition) is 4. The van der Waals surface area contributed by atoms with Crippen molar-refractivity contribution in [3.8, 4) is 0 Å². The highest BCUT2D eigenvalue weighted by Gasteiger charge is 2.12. The van der Waals surface area contributed by atoms with Crippen LogP contribution in [0.15, 0.2) is 45.1 Å². The SMILES string of the molecule is CCS(=O)(=O)c1ccc(NC(C)c2ccc(Br)s2)cc1. The zero-order valence-corrected chi connectivity index (χ0v) is 14.5. The van der Waals surface area contributed by atoms with Gasteiger partial charge in [-0.1, -0.05) is 6.92 Å². The first-order valence-electron chi connectivity index (χ1n) is 6.27. The highest BCUT2D eigenvalue weighted by molar-refractivity contribution is 9.11. The quantitative estimate of drug-likeness (QED) is 0.840. The first-order chi connectivity index (χ1) is 9.42. The van der Waals surface area contributed by atoms with Gasteiger partial charge in [-0.05, 0) is 59.3 Å². The van der Waals surface area contributed by atoms with Crippen molar-refractivity contribution in [3.05, 3.63) is 45.1 Å². The minimum absolute atomic E-state index is 0.124. The highest BCUT2D eigenvalue weighted by Crippen LogP contribution is 2.29. The van der Waals surface area contributed by atoms with Crippen molar-refractivity contribution in [1.29, 1.82) is 0 Å². The third-order valence-corrected chi connectivity index (χ3v) is 6.55. The van der Waals surface area contributed by atoms with E-state index in [-0.39, 0.29) is 11.8 Å². The van der Waals surface area contributed by atoms with Crippen LogP contribution in [0.4, 0.5) is 5.69 Å². The number of benzene rings is 1. The number of sulfone groups is 1. The molecule has 3 nitrogen and oxygen atoms in total. The molecule has 20 heavy (non-hydrogen) atoms. The van der Waals surface area contributed by atoms with E-state index < -0.39 is 9.84 Å². The van der Waals surface area contributed by atoms with E-state index in [1.54, 1.807) is 30.4 Å². The summed E-state index contributed by atoms with van der Waals surface area (Å²) in [5.74, 6) is 0.124. The lowest BCUT2D eigenvalue weighted by Gasteiger charge is -2.14. The van der Waals surface area contributed by atoms with Gasteiger partial charge in [0.2, 0.25) is 0 Å². The lowest BCUT2D eigenvalue weighted by atomic mass is 10.2. The smallest absolute Gasteiger partial charge is 0.178 e. The third kappa shape index (κ3) is 3.62. The lowest BCUT2D eigenvalue weighted by molar-refractivity contribution is 0.597. The largest absolute Gasteiger partial charge is 0.378 e. The standard InChI is InChI=1S/C14H16BrNO2S2/c1-3-20(17,18)12-6-4-11(5-7-12)16-10(2)13-8-9-14(15)19-13/h4-10,16H,3H2,1-2H3. The summed E-state index contributed by atoms with van der Waals surface area (Å²) >= 11 is 5.13. The van der Waals surface area contributed by atoms with Gasteiger partial charge in [-0.3, -0.25) is 0 Å².